The molecule has 1 atom stereocenters. The molecule has 0 aliphatic rings. The Balaban J connectivity index is 1.90. The van der Waals surface area contributed by atoms with Crippen molar-refractivity contribution in [2.75, 3.05) is 0 Å². The minimum Gasteiger partial charge on any atom is -0.477 e. The van der Waals surface area contributed by atoms with Gasteiger partial charge in [0.25, 0.3) is 0 Å². The summed E-state index contributed by atoms with van der Waals surface area (Å²) in [6, 6.07) is 7.92. The number of carboxylic acids is 1. The number of aryl methyl sites for hydroxylation is 1. The van der Waals surface area contributed by atoms with Crippen molar-refractivity contribution in [3.05, 3.63) is 53.5 Å². The molecule has 0 saturated heterocycles. The molecule has 0 fully saturated rings. The van der Waals surface area contributed by atoms with E-state index in [4.69, 9.17) is 9.52 Å². The van der Waals surface area contributed by atoms with E-state index >= 15 is 0 Å². The Bertz CT molecular complexity index is 1020. The van der Waals surface area contributed by atoms with Crippen molar-refractivity contribution in [2.24, 2.45) is 0 Å². The van der Waals surface area contributed by atoms with Crippen LogP contribution >= 0.6 is 0 Å². The molecule has 3 N–H and O–H groups in total. The number of hydrogen-bond acceptors (Lipinski definition) is 4. The zero-order valence-electron chi connectivity index (χ0n) is 13.0. The van der Waals surface area contributed by atoms with Gasteiger partial charge in [0.1, 0.15) is 21.9 Å². The van der Waals surface area contributed by atoms with Gasteiger partial charge in [-0.3, -0.25) is 0 Å². The van der Waals surface area contributed by atoms with Crippen molar-refractivity contribution in [1.82, 2.24) is 9.71 Å². The largest absolute Gasteiger partial charge is 0.477 e. The van der Waals surface area contributed by atoms with Gasteiger partial charge >= 0.3 is 5.97 Å². The molecule has 0 aliphatic carbocycles. The highest BCUT2D eigenvalue weighted by Gasteiger charge is 2.24. The van der Waals surface area contributed by atoms with E-state index in [1.807, 2.05) is 31.2 Å². The molecule has 126 valence electrons. The summed E-state index contributed by atoms with van der Waals surface area (Å²) >= 11 is 0. The number of nitrogens with one attached hydrogen (secondary N) is 2. The van der Waals surface area contributed by atoms with Gasteiger partial charge in [0, 0.05) is 17.1 Å². The summed E-state index contributed by atoms with van der Waals surface area (Å²) in [5.74, 6) is -0.702. The van der Waals surface area contributed by atoms with Gasteiger partial charge in [0.05, 0.1) is 6.04 Å². The molecule has 2 heterocycles. The van der Waals surface area contributed by atoms with E-state index in [9.17, 15) is 13.2 Å². The summed E-state index contributed by atoms with van der Waals surface area (Å²) in [5, 5.41) is 9.80. The molecule has 24 heavy (non-hydrogen) atoms. The van der Waals surface area contributed by atoms with Crippen LogP contribution in [0.1, 0.15) is 34.8 Å². The molecule has 0 aliphatic heterocycles. The smallest absolute Gasteiger partial charge is 0.352 e. The fraction of sp³-hybridized carbons (Fsp3) is 0.188. The molecule has 1 unspecified atom stereocenters. The zero-order valence-corrected chi connectivity index (χ0v) is 13.8. The second-order valence-corrected chi connectivity index (χ2v) is 7.20. The molecule has 0 spiro atoms. The number of aromatic amines is 1. The highest BCUT2D eigenvalue weighted by molar-refractivity contribution is 7.89. The van der Waals surface area contributed by atoms with Crippen LogP contribution in [0.3, 0.4) is 0 Å². The van der Waals surface area contributed by atoms with Crippen molar-refractivity contribution < 1.29 is 22.7 Å². The number of hydrogen-bond donors (Lipinski definition) is 3. The molecule has 2 aromatic heterocycles. The Labute approximate surface area is 138 Å². The summed E-state index contributed by atoms with van der Waals surface area (Å²) in [7, 11) is -3.88. The minimum atomic E-state index is -3.88. The highest BCUT2D eigenvalue weighted by Crippen LogP contribution is 2.30. The van der Waals surface area contributed by atoms with Crippen molar-refractivity contribution in [1.29, 1.82) is 0 Å². The lowest BCUT2D eigenvalue weighted by atomic mass is 10.1. The number of benzene rings is 1. The number of sulfonamides is 1. The Hall–Kier alpha value is -2.58. The SMILES string of the molecule is Cc1c(C(C)NS(=O)(=O)c2c[nH]c(C(=O)O)c2)oc2ccccc12. The van der Waals surface area contributed by atoms with Crippen molar-refractivity contribution in [3.8, 4) is 0 Å². The topological polar surface area (TPSA) is 112 Å². The van der Waals surface area contributed by atoms with Crippen LogP contribution < -0.4 is 4.72 Å². The van der Waals surface area contributed by atoms with Crippen LogP contribution in [0, 0.1) is 6.92 Å². The Morgan fingerprint density at radius 1 is 1.33 bits per heavy atom. The van der Waals surface area contributed by atoms with E-state index < -0.39 is 22.0 Å². The molecule has 0 amide bonds. The maximum atomic E-state index is 12.4. The average molecular weight is 348 g/mol. The second kappa shape index (κ2) is 5.81. The minimum absolute atomic E-state index is 0.138. The summed E-state index contributed by atoms with van der Waals surface area (Å²) in [6.45, 7) is 3.54. The summed E-state index contributed by atoms with van der Waals surface area (Å²) in [4.78, 5) is 13.1. The molecular weight excluding hydrogens is 332 g/mol. The number of para-hydroxylation sites is 1. The van der Waals surface area contributed by atoms with E-state index in [1.54, 1.807) is 6.92 Å². The molecule has 0 saturated carbocycles. The highest BCUT2D eigenvalue weighted by atomic mass is 32.2. The molecule has 0 radical (unpaired) electrons. The fourth-order valence-electron chi connectivity index (χ4n) is 2.61. The Kier molecular flexibility index (Phi) is 3.94. The zero-order chi connectivity index (χ0) is 17.5. The van der Waals surface area contributed by atoms with Gasteiger partial charge in [-0.2, -0.15) is 0 Å². The number of carbonyl (C=O) groups is 1. The van der Waals surface area contributed by atoms with Gasteiger partial charge in [-0.25, -0.2) is 17.9 Å². The van der Waals surface area contributed by atoms with Crippen LogP contribution in [0.25, 0.3) is 11.0 Å². The number of aromatic carboxylic acids is 1. The first-order chi connectivity index (χ1) is 11.3. The number of carboxylic acid groups (broad SMARTS) is 1. The maximum absolute atomic E-state index is 12.4. The van der Waals surface area contributed by atoms with Crippen LogP contribution in [0.2, 0.25) is 0 Å². The second-order valence-electron chi connectivity index (χ2n) is 5.48. The van der Waals surface area contributed by atoms with Gasteiger partial charge in [-0.05, 0) is 26.0 Å². The number of H-pyrrole nitrogens is 1. The normalized spacial score (nSPS) is 13.2. The monoisotopic (exact) mass is 348 g/mol. The van der Waals surface area contributed by atoms with E-state index in [0.717, 1.165) is 23.2 Å². The molecular formula is C16H16N2O5S. The van der Waals surface area contributed by atoms with E-state index in [0.29, 0.717) is 11.3 Å². The third-order valence-corrected chi connectivity index (χ3v) is 5.32. The Morgan fingerprint density at radius 2 is 2.04 bits per heavy atom. The van der Waals surface area contributed by atoms with Gasteiger partial charge in [-0.15, -0.1) is 0 Å². The number of furan rings is 1. The number of fused-ring (bicyclic) bond motifs is 1. The number of aromatic nitrogens is 1. The lowest BCUT2D eigenvalue weighted by Gasteiger charge is -2.12. The third kappa shape index (κ3) is 2.81. The average Bonchev–Trinajstić information content (AvgIpc) is 3.13. The number of rotatable bonds is 5. The third-order valence-electron chi connectivity index (χ3n) is 3.80. The van der Waals surface area contributed by atoms with E-state index in [1.165, 1.54) is 0 Å². The molecule has 0 bridgehead atoms. The lowest BCUT2D eigenvalue weighted by molar-refractivity contribution is 0.0691. The van der Waals surface area contributed by atoms with Crippen LogP contribution in [0.4, 0.5) is 0 Å². The predicted octanol–water partition coefficient (Wildman–Crippen LogP) is 2.81. The standard InChI is InChI=1S/C16H16N2O5S/c1-9-12-5-3-4-6-14(12)23-15(9)10(2)18-24(21,22)11-7-13(16(19)20)17-8-11/h3-8,10,17-18H,1-2H3,(H,19,20). The van der Waals surface area contributed by atoms with Crippen LogP contribution in [0.5, 0.6) is 0 Å². The lowest BCUT2D eigenvalue weighted by Crippen LogP contribution is -2.26. The van der Waals surface area contributed by atoms with Crippen molar-refractivity contribution in [2.45, 2.75) is 24.8 Å². The van der Waals surface area contributed by atoms with Crippen LogP contribution in [-0.2, 0) is 10.0 Å². The molecule has 8 heteroatoms. The maximum Gasteiger partial charge on any atom is 0.352 e. The van der Waals surface area contributed by atoms with Crippen molar-refractivity contribution in [3.63, 3.8) is 0 Å². The predicted molar refractivity (Wildman–Crippen MR) is 87.4 cm³/mol. The first kappa shape index (κ1) is 16.3. The summed E-state index contributed by atoms with van der Waals surface area (Å²) in [6.07, 6.45) is 1.14. The quantitative estimate of drug-likeness (QED) is 0.656. The van der Waals surface area contributed by atoms with Gasteiger partial charge in [0.15, 0.2) is 0 Å². The van der Waals surface area contributed by atoms with Crippen LogP contribution in [0.15, 0.2) is 45.8 Å². The molecule has 7 nitrogen and oxygen atoms in total. The molecule has 3 rings (SSSR count). The summed E-state index contributed by atoms with van der Waals surface area (Å²) in [5.41, 5.74) is 1.36. The molecule has 3 aromatic rings. The molecule has 1 aromatic carbocycles. The van der Waals surface area contributed by atoms with Crippen molar-refractivity contribution >= 4 is 27.0 Å². The van der Waals surface area contributed by atoms with Crippen LogP contribution in [-0.4, -0.2) is 24.5 Å². The van der Waals surface area contributed by atoms with E-state index in [-0.39, 0.29) is 10.6 Å². The fourth-order valence-corrected chi connectivity index (χ4v) is 3.81. The first-order valence-corrected chi connectivity index (χ1v) is 8.70. The van der Waals surface area contributed by atoms with Gasteiger partial charge < -0.3 is 14.5 Å². The van der Waals surface area contributed by atoms with E-state index in [2.05, 4.69) is 9.71 Å². The summed E-state index contributed by atoms with van der Waals surface area (Å²) < 4.78 is 33.1. The Morgan fingerprint density at radius 3 is 2.67 bits per heavy atom. The van der Waals surface area contributed by atoms with Gasteiger partial charge in [-0.1, -0.05) is 18.2 Å². The first-order valence-electron chi connectivity index (χ1n) is 7.21. The van der Waals surface area contributed by atoms with Gasteiger partial charge in [0.2, 0.25) is 10.0 Å².